The number of hydrogen-bond acceptors (Lipinski definition) is 4. The van der Waals surface area contributed by atoms with E-state index in [1.54, 1.807) is 12.1 Å². The number of Topliss-reactive ketones (excluding diaryl/α,β-unsaturated/α-hetero) is 1. The minimum atomic E-state index is -0.520. The Hall–Kier alpha value is -1.43. The molecule has 0 saturated heterocycles. The van der Waals surface area contributed by atoms with Gasteiger partial charge in [-0.3, -0.25) is 14.9 Å². The molecular weight excluding hydrogens is 278 g/mol. The van der Waals surface area contributed by atoms with Crippen molar-refractivity contribution >= 4 is 27.4 Å². The Labute approximate surface area is 101 Å². The zero-order valence-corrected chi connectivity index (χ0v) is 10.2. The second-order valence-electron chi connectivity index (χ2n) is 3.15. The van der Waals surface area contributed by atoms with Crippen LogP contribution in [-0.4, -0.2) is 17.3 Å². The van der Waals surface area contributed by atoms with Crippen molar-refractivity contribution < 1.29 is 14.5 Å². The predicted octanol–water partition coefficient (Wildman–Crippen LogP) is 2.72. The van der Waals surface area contributed by atoms with E-state index in [1.807, 2.05) is 0 Å². The molecule has 0 N–H and O–H groups in total. The molecule has 5 nitrogen and oxygen atoms in total. The van der Waals surface area contributed by atoms with Crippen LogP contribution >= 0.6 is 15.9 Å². The summed E-state index contributed by atoms with van der Waals surface area (Å²) in [6.07, 6.45) is 0.235. The third-order valence-corrected chi connectivity index (χ3v) is 2.47. The van der Waals surface area contributed by atoms with Crippen LogP contribution < -0.4 is 4.74 Å². The van der Waals surface area contributed by atoms with E-state index in [0.29, 0.717) is 4.47 Å². The molecule has 0 aromatic heterocycles. The number of hydrogen-bond donors (Lipinski definition) is 0. The van der Waals surface area contributed by atoms with Crippen molar-refractivity contribution in [2.45, 2.75) is 13.3 Å². The standard InChI is InChI=1S/C10H10BrNO4/c1-7(13)5-6-16-10-8(11)3-2-4-9(10)12(14)15/h2-4H,5-6H2,1H3. The summed E-state index contributed by atoms with van der Waals surface area (Å²) >= 11 is 3.17. The van der Waals surface area contributed by atoms with E-state index in [1.165, 1.54) is 13.0 Å². The molecule has 0 heterocycles. The van der Waals surface area contributed by atoms with Crippen LogP contribution in [0.15, 0.2) is 22.7 Å². The maximum atomic E-state index is 10.7. The molecule has 0 unspecified atom stereocenters. The highest BCUT2D eigenvalue weighted by molar-refractivity contribution is 9.10. The summed E-state index contributed by atoms with van der Waals surface area (Å²) in [6.45, 7) is 1.58. The number of ketones is 1. The van der Waals surface area contributed by atoms with Crippen molar-refractivity contribution in [3.05, 3.63) is 32.8 Å². The quantitative estimate of drug-likeness (QED) is 0.617. The number of nitro benzene ring substituents is 1. The Balaban J connectivity index is 2.84. The summed E-state index contributed by atoms with van der Waals surface area (Å²) in [5, 5.41) is 10.7. The first-order valence-electron chi connectivity index (χ1n) is 4.57. The third-order valence-electron chi connectivity index (χ3n) is 1.84. The van der Waals surface area contributed by atoms with Crippen LogP contribution in [0.25, 0.3) is 0 Å². The van der Waals surface area contributed by atoms with E-state index in [9.17, 15) is 14.9 Å². The first-order valence-corrected chi connectivity index (χ1v) is 5.37. The van der Waals surface area contributed by atoms with Gasteiger partial charge in [0.2, 0.25) is 5.75 Å². The van der Waals surface area contributed by atoms with Crippen LogP contribution in [-0.2, 0) is 4.79 Å². The van der Waals surface area contributed by atoms with Crippen molar-refractivity contribution in [3.63, 3.8) is 0 Å². The summed E-state index contributed by atoms with van der Waals surface area (Å²) in [4.78, 5) is 20.9. The van der Waals surface area contributed by atoms with Gasteiger partial charge in [-0.15, -0.1) is 0 Å². The molecule has 1 aromatic carbocycles. The zero-order chi connectivity index (χ0) is 12.1. The minimum absolute atomic E-state index is 0.0188. The largest absolute Gasteiger partial charge is 0.486 e. The van der Waals surface area contributed by atoms with Gasteiger partial charge in [-0.25, -0.2) is 0 Å². The molecular formula is C10H10BrNO4. The molecule has 1 rings (SSSR count). The zero-order valence-electron chi connectivity index (χ0n) is 8.60. The lowest BCUT2D eigenvalue weighted by Gasteiger charge is -2.07. The summed E-state index contributed by atoms with van der Waals surface area (Å²) < 4.78 is 5.74. The molecule has 0 aliphatic heterocycles. The SMILES string of the molecule is CC(=O)CCOc1c(Br)cccc1[N+](=O)[O-]. The van der Waals surface area contributed by atoms with Gasteiger partial charge >= 0.3 is 5.69 Å². The molecule has 6 heteroatoms. The fraction of sp³-hybridized carbons (Fsp3) is 0.300. The van der Waals surface area contributed by atoms with Crippen molar-refractivity contribution in [2.24, 2.45) is 0 Å². The maximum absolute atomic E-state index is 10.7. The number of carbonyl (C=O) groups excluding carboxylic acids is 1. The van der Waals surface area contributed by atoms with Gasteiger partial charge in [0.25, 0.3) is 0 Å². The van der Waals surface area contributed by atoms with E-state index in [-0.39, 0.29) is 30.2 Å². The average molecular weight is 288 g/mol. The topological polar surface area (TPSA) is 69.4 Å². The number of nitrogens with zero attached hydrogens (tertiary/aromatic N) is 1. The monoisotopic (exact) mass is 287 g/mol. The lowest BCUT2D eigenvalue weighted by molar-refractivity contribution is -0.386. The van der Waals surface area contributed by atoms with Gasteiger partial charge in [-0.2, -0.15) is 0 Å². The van der Waals surface area contributed by atoms with Crippen LogP contribution in [0.2, 0.25) is 0 Å². The van der Waals surface area contributed by atoms with Crippen molar-refractivity contribution in [3.8, 4) is 5.75 Å². The highest BCUT2D eigenvalue weighted by atomic mass is 79.9. The Morgan fingerprint density at radius 2 is 2.25 bits per heavy atom. The molecule has 0 saturated carbocycles. The number of benzene rings is 1. The van der Waals surface area contributed by atoms with Crippen LogP contribution in [0.5, 0.6) is 5.75 Å². The Bertz CT molecular complexity index is 419. The van der Waals surface area contributed by atoms with Gasteiger partial charge < -0.3 is 4.74 Å². The summed E-state index contributed by atoms with van der Waals surface area (Å²) in [6, 6.07) is 4.56. The maximum Gasteiger partial charge on any atom is 0.312 e. The van der Waals surface area contributed by atoms with Crippen LogP contribution in [0.4, 0.5) is 5.69 Å². The van der Waals surface area contributed by atoms with Crippen LogP contribution in [0, 0.1) is 10.1 Å². The van der Waals surface area contributed by atoms with Crippen molar-refractivity contribution in [1.29, 1.82) is 0 Å². The molecule has 0 fully saturated rings. The summed E-state index contributed by atoms with van der Waals surface area (Å²) in [5.41, 5.74) is -0.113. The smallest absolute Gasteiger partial charge is 0.312 e. The van der Waals surface area contributed by atoms with Gasteiger partial charge in [0.15, 0.2) is 0 Å². The molecule has 0 aliphatic carbocycles. The van der Waals surface area contributed by atoms with Gasteiger partial charge in [-0.05, 0) is 28.9 Å². The average Bonchev–Trinajstić information content (AvgIpc) is 2.19. The highest BCUT2D eigenvalue weighted by Gasteiger charge is 2.17. The van der Waals surface area contributed by atoms with Gasteiger partial charge in [-0.1, -0.05) is 6.07 Å². The normalized spacial score (nSPS) is 9.88. The number of rotatable bonds is 5. The molecule has 0 spiro atoms. The van der Waals surface area contributed by atoms with E-state index in [0.717, 1.165) is 0 Å². The Morgan fingerprint density at radius 1 is 1.56 bits per heavy atom. The number of ether oxygens (including phenoxy) is 1. The second-order valence-corrected chi connectivity index (χ2v) is 4.00. The van der Waals surface area contributed by atoms with E-state index in [2.05, 4.69) is 15.9 Å². The van der Waals surface area contributed by atoms with E-state index in [4.69, 9.17) is 4.74 Å². The summed E-state index contributed by atoms with van der Waals surface area (Å²) in [5.74, 6) is 0.142. The predicted molar refractivity (Wildman–Crippen MR) is 61.6 cm³/mol. The fourth-order valence-electron chi connectivity index (χ4n) is 1.08. The minimum Gasteiger partial charge on any atom is -0.486 e. The molecule has 0 atom stereocenters. The molecule has 16 heavy (non-hydrogen) atoms. The molecule has 0 amide bonds. The lowest BCUT2D eigenvalue weighted by atomic mass is 10.3. The van der Waals surface area contributed by atoms with Crippen molar-refractivity contribution in [2.75, 3.05) is 6.61 Å². The lowest BCUT2D eigenvalue weighted by Crippen LogP contribution is -2.04. The highest BCUT2D eigenvalue weighted by Crippen LogP contribution is 2.34. The molecule has 0 radical (unpaired) electrons. The number of para-hydroxylation sites is 1. The molecule has 0 bridgehead atoms. The van der Waals surface area contributed by atoms with Gasteiger partial charge in [0.1, 0.15) is 5.78 Å². The molecule has 86 valence electrons. The fourth-order valence-corrected chi connectivity index (χ4v) is 1.55. The Kier molecular flexibility index (Phi) is 4.42. The number of nitro groups is 1. The molecule has 1 aromatic rings. The third kappa shape index (κ3) is 3.30. The van der Waals surface area contributed by atoms with E-state index < -0.39 is 4.92 Å². The first-order chi connectivity index (χ1) is 7.52. The second kappa shape index (κ2) is 5.60. The number of carbonyl (C=O) groups is 1. The summed E-state index contributed by atoms with van der Waals surface area (Å²) in [7, 11) is 0. The Morgan fingerprint density at radius 3 is 2.81 bits per heavy atom. The van der Waals surface area contributed by atoms with Gasteiger partial charge in [0.05, 0.1) is 16.0 Å². The van der Waals surface area contributed by atoms with Gasteiger partial charge in [0, 0.05) is 12.5 Å². The van der Waals surface area contributed by atoms with Crippen molar-refractivity contribution in [1.82, 2.24) is 0 Å². The molecule has 0 aliphatic rings. The van der Waals surface area contributed by atoms with Crippen LogP contribution in [0.1, 0.15) is 13.3 Å². The van der Waals surface area contributed by atoms with Crippen LogP contribution in [0.3, 0.4) is 0 Å². The number of halogens is 1. The first kappa shape index (κ1) is 12.6. The van der Waals surface area contributed by atoms with E-state index >= 15 is 0 Å².